The van der Waals surface area contributed by atoms with Crippen LogP contribution in [-0.4, -0.2) is 45.4 Å². The van der Waals surface area contributed by atoms with Crippen molar-refractivity contribution in [3.63, 3.8) is 0 Å². The van der Waals surface area contributed by atoms with Crippen molar-refractivity contribution in [2.24, 2.45) is 0 Å². The number of nitriles is 1. The van der Waals surface area contributed by atoms with E-state index in [0.717, 1.165) is 25.7 Å². The molecule has 1 heterocycles. The maximum atomic E-state index is 13.1. The summed E-state index contributed by atoms with van der Waals surface area (Å²) in [5.41, 5.74) is 0.599. The van der Waals surface area contributed by atoms with E-state index in [2.05, 4.69) is 5.32 Å². The van der Waals surface area contributed by atoms with E-state index in [-0.39, 0.29) is 28.0 Å². The number of amides is 1. The molecule has 0 bridgehead atoms. The van der Waals surface area contributed by atoms with Crippen molar-refractivity contribution >= 4 is 33.2 Å². The van der Waals surface area contributed by atoms with Crippen LogP contribution in [0.5, 0.6) is 11.5 Å². The molecule has 1 N–H and O–H groups in total. The van der Waals surface area contributed by atoms with Gasteiger partial charge in [0.1, 0.15) is 11.5 Å². The van der Waals surface area contributed by atoms with E-state index < -0.39 is 15.9 Å². The van der Waals surface area contributed by atoms with Crippen LogP contribution in [0.15, 0.2) is 41.3 Å². The number of hydrogen-bond acceptors (Lipinski definition) is 6. The molecule has 0 aliphatic carbocycles. The molecule has 32 heavy (non-hydrogen) atoms. The van der Waals surface area contributed by atoms with E-state index in [4.69, 9.17) is 26.3 Å². The van der Waals surface area contributed by atoms with Crippen LogP contribution in [0.1, 0.15) is 31.2 Å². The lowest BCUT2D eigenvalue weighted by Gasteiger charge is -2.21. The number of ether oxygens (including phenoxy) is 2. The van der Waals surface area contributed by atoms with Crippen molar-refractivity contribution < 1.29 is 22.7 Å². The zero-order chi connectivity index (χ0) is 23.1. The van der Waals surface area contributed by atoms with E-state index in [1.807, 2.05) is 6.07 Å². The third-order valence-corrected chi connectivity index (χ3v) is 7.26. The van der Waals surface area contributed by atoms with Gasteiger partial charge < -0.3 is 14.8 Å². The number of nitrogens with one attached hydrogen (secondary N) is 1. The lowest BCUT2D eigenvalue weighted by atomic mass is 10.2. The van der Waals surface area contributed by atoms with Crippen LogP contribution in [0, 0.1) is 11.3 Å². The molecule has 170 valence electrons. The number of rotatable bonds is 7. The van der Waals surface area contributed by atoms with Gasteiger partial charge in [-0.3, -0.25) is 4.79 Å². The number of anilines is 1. The van der Waals surface area contributed by atoms with Gasteiger partial charge in [-0.05, 0) is 49.2 Å². The highest BCUT2D eigenvalue weighted by Gasteiger charge is 2.26. The van der Waals surface area contributed by atoms with Crippen LogP contribution in [0.25, 0.3) is 0 Å². The zero-order valence-corrected chi connectivity index (χ0v) is 19.2. The van der Waals surface area contributed by atoms with Crippen LogP contribution in [-0.2, 0) is 14.8 Å². The molecule has 0 aromatic heterocycles. The topological polar surface area (TPSA) is 109 Å². The molecule has 2 aromatic rings. The Bertz CT molecular complexity index is 1120. The first-order chi connectivity index (χ1) is 15.3. The molecule has 0 radical (unpaired) electrons. The van der Waals surface area contributed by atoms with Crippen LogP contribution < -0.4 is 14.8 Å². The van der Waals surface area contributed by atoms with Crippen LogP contribution in [0.2, 0.25) is 5.02 Å². The molecule has 2 aromatic carbocycles. The van der Waals surface area contributed by atoms with E-state index in [1.165, 1.54) is 47.8 Å². The Balaban J connectivity index is 1.74. The van der Waals surface area contributed by atoms with Crippen LogP contribution >= 0.6 is 11.6 Å². The molecule has 1 aliphatic rings. The Labute approximate surface area is 192 Å². The van der Waals surface area contributed by atoms with E-state index in [1.54, 1.807) is 0 Å². The fraction of sp³-hybridized carbons (Fsp3) is 0.364. The largest absolute Gasteiger partial charge is 0.495 e. The van der Waals surface area contributed by atoms with Gasteiger partial charge in [0.15, 0.2) is 6.61 Å². The molecule has 8 nitrogen and oxygen atoms in total. The van der Waals surface area contributed by atoms with Crippen molar-refractivity contribution in [2.75, 3.05) is 32.1 Å². The molecule has 0 saturated carbocycles. The van der Waals surface area contributed by atoms with E-state index in [9.17, 15) is 13.2 Å². The van der Waals surface area contributed by atoms with Crippen molar-refractivity contribution in [1.29, 1.82) is 5.26 Å². The van der Waals surface area contributed by atoms with Gasteiger partial charge in [-0.25, -0.2) is 8.42 Å². The number of methoxy groups -OCH3 is 1. The summed E-state index contributed by atoms with van der Waals surface area (Å²) < 4.78 is 38.4. The summed E-state index contributed by atoms with van der Waals surface area (Å²) in [5, 5.41) is 11.7. The molecule has 0 atom stereocenters. The Hall–Kier alpha value is -2.80. The fourth-order valence-corrected chi connectivity index (χ4v) is 5.17. The SMILES string of the molecule is COc1ccc(S(=O)(=O)N2CCCCCC2)cc1NC(=O)COc1ccc(C#N)cc1Cl. The Morgan fingerprint density at radius 1 is 1.12 bits per heavy atom. The smallest absolute Gasteiger partial charge is 0.262 e. The summed E-state index contributed by atoms with van der Waals surface area (Å²) in [7, 11) is -2.25. The van der Waals surface area contributed by atoms with E-state index >= 15 is 0 Å². The average molecular weight is 478 g/mol. The van der Waals surface area contributed by atoms with Crippen LogP contribution in [0.3, 0.4) is 0 Å². The quantitative estimate of drug-likeness (QED) is 0.649. The van der Waals surface area contributed by atoms with Gasteiger partial charge in [-0.2, -0.15) is 9.57 Å². The number of carbonyl (C=O) groups excluding carboxylic acids is 1. The highest BCUT2D eigenvalue weighted by molar-refractivity contribution is 7.89. The van der Waals surface area contributed by atoms with E-state index in [0.29, 0.717) is 24.4 Å². The van der Waals surface area contributed by atoms with Gasteiger partial charge in [-0.15, -0.1) is 0 Å². The highest BCUT2D eigenvalue weighted by Crippen LogP contribution is 2.30. The average Bonchev–Trinajstić information content (AvgIpc) is 3.08. The van der Waals surface area contributed by atoms with Crippen molar-refractivity contribution in [1.82, 2.24) is 4.31 Å². The second-order valence-electron chi connectivity index (χ2n) is 7.27. The number of halogens is 1. The van der Waals surface area contributed by atoms with Crippen molar-refractivity contribution in [3.8, 4) is 17.6 Å². The monoisotopic (exact) mass is 477 g/mol. The fourth-order valence-electron chi connectivity index (χ4n) is 3.39. The number of carbonyl (C=O) groups is 1. The molecular weight excluding hydrogens is 454 g/mol. The molecular formula is C22H24ClN3O5S. The number of nitrogens with zero attached hydrogens (tertiary/aromatic N) is 2. The number of benzene rings is 2. The first-order valence-corrected chi connectivity index (χ1v) is 12.0. The van der Waals surface area contributed by atoms with Gasteiger partial charge in [0.25, 0.3) is 5.91 Å². The van der Waals surface area contributed by atoms with Crippen molar-refractivity contribution in [3.05, 3.63) is 47.0 Å². The summed E-state index contributed by atoms with van der Waals surface area (Å²) in [5.74, 6) is 0.0582. The van der Waals surface area contributed by atoms with Crippen LogP contribution in [0.4, 0.5) is 5.69 Å². The minimum Gasteiger partial charge on any atom is -0.495 e. The van der Waals surface area contributed by atoms with Crippen molar-refractivity contribution in [2.45, 2.75) is 30.6 Å². The van der Waals surface area contributed by atoms with Gasteiger partial charge in [0, 0.05) is 13.1 Å². The molecule has 1 aliphatic heterocycles. The number of hydrogen-bond donors (Lipinski definition) is 1. The zero-order valence-electron chi connectivity index (χ0n) is 17.6. The summed E-state index contributed by atoms with van der Waals surface area (Å²) in [6.45, 7) is 0.600. The molecule has 1 amide bonds. The van der Waals surface area contributed by atoms with Gasteiger partial charge >= 0.3 is 0 Å². The lowest BCUT2D eigenvalue weighted by molar-refractivity contribution is -0.118. The third-order valence-electron chi connectivity index (χ3n) is 5.07. The van der Waals surface area contributed by atoms with Gasteiger partial charge in [0.05, 0.1) is 34.3 Å². The third kappa shape index (κ3) is 5.71. The van der Waals surface area contributed by atoms with Gasteiger partial charge in [-0.1, -0.05) is 24.4 Å². The predicted octanol–water partition coefficient (Wildman–Crippen LogP) is 3.80. The molecule has 1 saturated heterocycles. The summed E-state index contributed by atoms with van der Waals surface area (Å²) in [4.78, 5) is 12.5. The highest BCUT2D eigenvalue weighted by atomic mass is 35.5. The Morgan fingerprint density at radius 3 is 2.44 bits per heavy atom. The summed E-state index contributed by atoms with van der Waals surface area (Å²) in [6, 6.07) is 10.8. The standard InChI is InChI=1S/C22H24ClN3O5S/c1-30-21-9-7-17(32(28,29)26-10-4-2-3-5-11-26)13-19(21)25-22(27)15-31-20-8-6-16(14-24)12-18(20)23/h6-9,12-13H,2-5,10-11,15H2,1H3,(H,25,27). The molecule has 1 fully saturated rings. The Kier molecular flexibility index (Phi) is 7.96. The first kappa shape index (κ1) is 23.9. The molecule has 0 unspecified atom stereocenters. The lowest BCUT2D eigenvalue weighted by Crippen LogP contribution is -2.32. The first-order valence-electron chi connectivity index (χ1n) is 10.2. The molecule has 0 spiro atoms. The maximum Gasteiger partial charge on any atom is 0.262 e. The predicted molar refractivity (Wildman–Crippen MR) is 121 cm³/mol. The number of sulfonamides is 1. The molecule has 3 rings (SSSR count). The Morgan fingerprint density at radius 2 is 1.81 bits per heavy atom. The minimum absolute atomic E-state index is 0.0894. The summed E-state index contributed by atoms with van der Waals surface area (Å²) in [6.07, 6.45) is 3.68. The second kappa shape index (κ2) is 10.7. The van der Waals surface area contributed by atoms with Gasteiger partial charge in [0.2, 0.25) is 10.0 Å². The molecule has 10 heteroatoms. The summed E-state index contributed by atoms with van der Waals surface area (Å²) >= 11 is 6.06. The second-order valence-corrected chi connectivity index (χ2v) is 9.62. The minimum atomic E-state index is -3.68. The normalized spacial score (nSPS) is 14.8. The maximum absolute atomic E-state index is 13.1.